The molecule has 0 heterocycles. The summed E-state index contributed by atoms with van der Waals surface area (Å²) in [6.45, 7) is 4.80. The van der Waals surface area contributed by atoms with Crippen LogP contribution in [0.3, 0.4) is 0 Å². The predicted molar refractivity (Wildman–Crippen MR) is 124 cm³/mol. The Hall–Kier alpha value is -2.80. The molecule has 0 radical (unpaired) electrons. The fraction of sp³-hybridized carbons (Fsp3) is 0.500. The van der Waals surface area contributed by atoms with Crippen LogP contribution in [-0.4, -0.2) is 12.3 Å². The average molecular weight is 437 g/mol. The van der Waals surface area contributed by atoms with Crippen molar-refractivity contribution >= 4 is 12.3 Å². The number of carbonyl (C=O) groups excluding carboxylic acids is 4. The van der Waals surface area contributed by atoms with Gasteiger partial charge in [-0.15, -0.1) is 0 Å². The lowest BCUT2D eigenvalue weighted by Crippen LogP contribution is -2.14. The lowest BCUT2D eigenvalue weighted by atomic mass is 9.76. The molecule has 4 nitrogen and oxygen atoms in total. The number of benzene rings is 2. The SMILES string of the molecule is C[C@@H]1CCCC[C@@H]1c1ccccc1.C[C@H]1CCCC[C@@H]1c1ccccc1.O=C=O.O=C=O. The van der Waals surface area contributed by atoms with Crippen LogP contribution in [0.15, 0.2) is 60.7 Å². The second-order valence-electron chi connectivity index (χ2n) is 8.72. The molecule has 0 amide bonds. The molecule has 2 aromatic carbocycles. The maximum atomic E-state index is 8.12. The Morgan fingerprint density at radius 3 is 1.09 bits per heavy atom. The molecule has 0 saturated heterocycles. The topological polar surface area (TPSA) is 68.3 Å². The Bertz CT molecular complexity index is 721. The van der Waals surface area contributed by atoms with Gasteiger partial charge in [-0.3, -0.25) is 0 Å². The molecule has 0 N–H and O–H groups in total. The van der Waals surface area contributed by atoms with E-state index < -0.39 is 0 Å². The summed E-state index contributed by atoms with van der Waals surface area (Å²) in [5.41, 5.74) is 3.10. The van der Waals surface area contributed by atoms with Gasteiger partial charge in [0.25, 0.3) is 0 Å². The van der Waals surface area contributed by atoms with Crippen LogP contribution >= 0.6 is 0 Å². The van der Waals surface area contributed by atoms with Gasteiger partial charge in [-0.1, -0.05) is 113 Å². The Balaban J connectivity index is 0.000000258. The maximum Gasteiger partial charge on any atom is 0.373 e. The van der Waals surface area contributed by atoms with Gasteiger partial charge in [0.05, 0.1) is 0 Å². The van der Waals surface area contributed by atoms with Gasteiger partial charge in [-0.05, 0) is 47.6 Å². The van der Waals surface area contributed by atoms with Gasteiger partial charge in [0.1, 0.15) is 0 Å². The van der Waals surface area contributed by atoms with E-state index in [0.29, 0.717) is 0 Å². The molecule has 0 aliphatic heterocycles. The quantitative estimate of drug-likeness (QED) is 0.519. The lowest BCUT2D eigenvalue weighted by molar-refractivity contribution is -0.193. The van der Waals surface area contributed by atoms with Crippen LogP contribution in [0.2, 0.25) is 0 Å². The molecule has 0 spiro atoms. The molecule has 0 aromatic heterocycles. The Morgan fingerprint density at radius 2 is 0.812 bits per heavy atom. The summed E-state index contributed by atoms with van der Waals surface area (Å²) in [4.78, 5) is 32.5. The van der Waals surface area contributed by atoms with Crippen LogP contribution in [0.25, 0.3) is 0 Å². The third-order valence-electron chi connectivity index (χ3n) is 6.68. The van der Waals surface area contributed by atoms with Crippen molar-refractivity contribution in [1.29, 1.82) is 0 Å². The van der Waals surface area contributed by atoms with E-state index in [1.807, 2.05) is 0 Å². The van der Waals surface area contributed by atoms with Crippen molar-refractivity contribution in [3.05, 3.63) is 71.8 Å². The van der Waals surface area contributed by atoms with E-state index in [4.69, 9.17) is 19.2 Å². The fourth-order valence-corrected chi connectivity index (χ4v) is 5.02. The first kappa shape index (κ1) is 27.2. The molecule has 2 saturated carbocycles. The summed E-state index contributed by atoms with van der Waals surface area (Å²) in [6, 6.07) is 22.0. The van der Waals surface area contributed by atoms with Gasteiger partial charge in [0.2, 0.25) is 0 Å². The minimum Gasteiger partial charge on any atom is -0.186 e. The predicted octanol–water partition coefficient (Wildman–Crippen LogP) is 6.79. The smallest absolute Gasteiger partial charge is 0.186 e. The van der Waals surface area contributed by atoms with Crippen LogP contribution in [0.1, 0.15) is 88.2 Å². The molecule has 4 heteroatoms. The van der Waals surface area contributed by atoms with Gasteiger partial charge >= 0.3 is 12.3 Å². The first-order chi connectivity index (χ1) is 15.6. The molecule has 2 fully saturated rings. The van der Waals surface area contributed by atoms with Crippen LogP contribution < -0.4 is 0 Å². The Labute approximate surface area is 192 Å². The molecule has 0 unspecified atom stereocenters. The normalized spacial score (nSPS) is 23.8. The molecule has 172 valence electrons. The largest absolute Gasteiger partial charge is 0.373 e. The summed E-state index contributed by atoms with van der Waals surface area (Å²) in [7, 11) is 0. The zero-order valence-electron chi connectivity index (χ0n) is 19.4. The van der Waals surface area contributed by atoms with E-state index in [2.05, 4.69) is 74.5 Å². The van der Waals surface area contributed by atoms with E-state index in [1.165, 1.54) is 51.4 Å². The average Bonchev–Trinajstić information content (AvgIpc) is 2.82. The number of hydrogen-bond donors (Lipinski definition) is 0. The van der Waals surface area contributed by atoms with Crippen molar-refractivity contribution in [2.45, 2.75) is 77.0 Å². The van der Waals surface area contributed by atoms with Crippen LogP contribution in [0.5, 0.6) is 0 Å². The van der Waals surface area contributed by atoms with E-state index in [1.54, 1.807) is 11.1 Å². The van der Waals surface area contributed by atoms with Crippen molar-refractivity contribution in [3.8, 4) is 0 Å². The molecule has 4 rings (SSSR count). The fourth-order valence-electron chi connectivity index (χ4n) is 5.02. The van der Waals surface area contributed by atoms with Crippen LogP contribution in [0.4, 0.5) is 0 Å². The number of rotatable bonds is 2. The highest BCUT2D eigenvalue weighted by Crippen LogP contribution is 2.37. The lowest BCUT2D eigenvalue weighted by Gasteiger charge is -2.29. The third-order valence-corrected chi connectivity index (χ3v) is 6.68. The molecule has 2 aliphatic carbocycles. The molecule has 2 aromatic rings. The zero-order chi connectivity index (χ0) is 23.6. The summed E-state index contributed by atoms with van der Waals surface area (Å²) in [5.74, 6) is 3.43. The first-order valence-electron chi connectivity index (χ1n) is 11.7. The van der Waals surface area contributed by atoms with E-state index in [-0.39, 0.29) is 12.3 Å². The summed E-state index contributed by atoms with van der Waals surface area (Å²) >= 11 is 0. The van der Waals surface area contributed by atoms with Gasteiger partial charge in [-0.2, -0.15) is 19.2 Å². The Morgan fingerprint density at radius 1 is 0.531 bits per heavy atom. The van der Waals surface area contributed by atoms with E-state index in [9.17, 15) is 0 Å². The van der Waals surface area contributed by atoms with Crippen molar-refractivity contribution in [2.24, 2.45) is 11.8 Å². The van der Waals surface area contributed by atoms with Gasteiger partial charge in [0.15, 0.2) is 0 Å². The second kappa shape index (κ2) is 16.8. The highest BCUT2D eigenvalue weighted by atomic mass is 16.2. The van der Waals surface area contributed by atoms with Crippen molar-refractivity contribution in [3.63, 3.8) is 0 Å². The molecule has 0 bridgehead atoms. The molecule has 32 heavy (non-hydrogen) atoms. The summed E-state index contributed by atoms with van der Waals surface area (Å²) in [6.07, 6.45) is 11.8. The van der Waals surface area contributed by atoms with Crippen LogP contribution in [0, 0.1) is 11.8 Å². The molecule has 4 atom stereocenters. The van der Waals surface area contributed by atoms with E-state index >= 15 is 0 Å². The molecular weight excluding hydrogens is 400 g/mol. The standard InChI is InChI=1S/2C13H18.2CO2/c2*1-11-7-5-6-10-13(11)12-8-3-2-4-9-12;2*2-1-3/h2*2-4,8-9,11,13H,5-7,10H2,1H3;;/t11-,13+;11-,13-;;/m10../s1. The zero-order valence-corrected chi connectivity index (χ0v) is 19.4. The Kier molecular flexibility index (Phi) is 14.3. The van der Waals surface area contributed by atoms with Gasteiger partial charge < -0.3 is 0 Å². The highest BCUT2D eigenvalue weighted by Gasteiger charge is 2.22. The van der Waals surface area contributed by atoms with Gasteiger partial charge in [-0.25, -0.2) is 0 Å². The first-order valence-corrected chi connectivity index (χ1v) is 11.7. The second-order valence-corrected chi connectivity index (χ2v) is 8.72. The number of hydrogen-bond acceptors (Lipinski definition) is 4. The summed E-state index contributed by atoms with van der Waals surface area (Å²) in [5, 5.41) is 0. The van der Waals surface area contributed by atoms with Crippen LogP contribution in [-0.2, 0) is 19.2 Å². The van der Waals surface area contributed by atoms with Crippen molar-refractivity contribution in [2.75, 3.05) is 0 Å². The maximum absolute atomic E-state index is 8.12. The van der Waals surface area contributed by atoms with Crippen molar-refractivity contribution < 1.29 is 19.2 Å². The minimum absolute atomic E-state index is 0.250. The van der Waals surface area contributed by atoms with Crippen molar-refractivity contribution in [1.82, 2.24) is 0 Å². The minimum atomic E-state index is 0.250. The third kappa shape index (κ3) is 10.0. The summed E-state index contributed by atoms with van der Waals surface area (Å²) < 4.78 is 0. The monoisotopic (exact) mass is 436 g/mol. The van der Waals surface area contributed by atoms with E-state index in [0.717, 1.165) is 23.7 Å². The van der Waals surface area contributed by atoms with Gasteiger partial charge in [0, 0.05) is 0 Å². The molecule has 2 aliphatic rings. The molecular formula is C28H36O4. The highest BCUT2D eigenvalue weighted by molar-refractivity contribution is 5.21.